The molecule has 0 saturated carbocycles. The van der Waals surface area contributed by atoms with Crippen LogP contribution >= 0.6 is 0 Å². The van der Waals surface area contributed by atoms with Crippen molar-refractivity contribution >= 4 is 10.8 Å². The lowest BCUT2D eigenvalue weighted by molar-refractivity contribution is 0.486. The van der Waals surface area contributed by atoms with Crippen molar-refractivity contribution in [1.29, 1.82) is 5.26 Å². The van der Waals surface area contributed by atoms with E-state index in [1.165, 1.54) is 12.4 Å². The van der Waals surface area contributed by atoms with Crippen molar-refractivity contribution in [1.82, 2.24) is 9.97 Å². The Kier molecular flexibility index (Phi) is 3.98. The Bertz CT molecular complexity index is 883. The molecule has 0 saturated heterocycles. The van der Waals surface area contributed by atoms with Crippen molar-refractivity contribution < 1.29 is 4.21 Å². The average Bonchev–Trinajstić information content (AvgIpc) is 2.57. The first-order valence-corrected chi connectivity index (χ1v) is 8.58. The average molecular weight is 321 g/mol. The molecular weight excluding hydrogens is 306 g/mol. The van der Waals surface area contributed by atoms with Crippen LogP contribution in [0, 0.1) is 23.2 Å². The van der Waals surface area contributed by atoms with E-state index < -0.39 is 10.8 Å². The van der Waals surface area contributed by atoms with Crippen LogP contribution in [0.4, 0.5) is 0 Å². The summed E-state index contributed by atoms with van der Waals surface area (Å²) in [7, 11) is -0.912. The SMILES string of the molecule is CC1(C)CCS(=O)c2ccc(C#Cc3cnc(C#N)nc3)cc21. The third-order valence-electron chi connectivity index (χ3n) is 3.97. The first-order chi connectivity index (χ1) is 11.0. The molecule has 1 aliphatic heterocycles. The Hall–Kier alpha value is -2.50. The molecule has 1 atom stereocenters. The van der Waals surface area contributed by atoms with Gasteiger partial charge in [0.1, 0.15) is 6.07 Å². The molecule has 4 nitrogen and oxygen atoms in total. The van der Waals surface area contributed by atoms with E-state index in [4.69, 9.17) is 5.26 Å². The predicted molar refractivity (Wildman–Crippen MR) is 88.1 cm³/mol. The van der Waals surface area contributed by atoms with E-state index in [-0.39, 0.29) is 11.2 Å². The van der Waals surface area contributed by atoms with Crippen molar-refractivity contribution in [3.05, 3.63) is 53.1 Å². The lowest BCUT2D eigenvalue weighted by Crippen LogP contribution is -2.27. The Morgan fingerprint density at radius 2 is 1.87 bits per heavy atom. The Balaban J connectivity index is 1.95. The van der Waals surface area contributed by atoms with Crippen LogP contribution in [0.15, 0.2) is 35.5 Å². The van der Waals surface area contributed by atoms with Crippen molar-refractivity contribution in [2.75, 3.05) is 5.75 Å². The second-order valence-electron chi connectivity index (χ2n) is 6.05. The summed E-state index contributed by atoms with van der Waals surface area (Å²) >= 11 is 0. The molecule has 1 aromatic carbocycles. The van der Waals surface area contributed by atoms with Crippen LogP contribution in [-0.2, 0) is 16.2 Å². The van der Waals surface area contributed by atoms with Crippen molar-refractivity contribution in [3.8, 4) is 17.9 Å². The van der Waals surface area contributed by atoms with E-state index in [1.54, 1.807) is 0 Å². The highest BCUT2D eigenvalue weighted by atomic mass is 32.2. The quantitative estimate of drug-likeness (QED) is 0.699. The molecule has 2 aromatic rings. The number of hydrogen-bond donors (Lipinski definition) is 0. The fraction of sp³-hybridized carbons (Fsp3) is 0.278. The van der Waals surface area contributed by atoms with E-state index in [0.717, 1.165) is 22.4 Å². The predicted octanol–water partition coefficient (Wildman–Crippen LogP) is 2.54. The third-order valence-corrected chi connectivity index (χ3v) is 5.39. The first kappa shape index (κ1) is 15.4. The van der Waals surface area contributed by atoms with E-state index in [9.17, 15) is 4.21 Å². The van der Waals surface area contributed by atoms with E-state index >= 15 is 0 Å². The molecule has 0 radical (unpaired) electrons. The minimum Gasteiger partial charge on any atom is -0.254 e. The number of benzene rings is 1. The summed E-state index contributed by atoms with van der Waals surface area (Å²) < 4.78 is 12.2. The smallest absolute Gasteiger partial charge is 0.232 e. The Morgan fingerprint density at radius 3 is 2.57 bits per heavy atom. The van der Waals surface area contributed by atoms with Crippen molar-refractivity contribution in [2.45, 2.75) is 30.6 Å². The van der Waals surface area contributed by atoms with Crippen LogP contribution in [0.3, 0.4) is 0 Å². The van der Waals surface area contributed by atoms with Gasteiger partial charge in [-0.2, -0.15) is 5.26 Å². The summed E-state index contributed by atoms with van der Waals surface area (Å²) in [5, 5.41) is 8.68. The normalized spacial score (nSPS) is 18.2. The highest BCUT2D eigenvalue weighted by Crippen LogP contribution is 2.37. The van der Waals surface area contributed by atoms with E-state index in [2.05, 4.69) is 35.7 Å². The van der Waals surface area contributed by atoms with Gasteiger partial charge in [0, 0.05) is 28.6 Å². The van der Waals surface area contributed by atoms with Gasteiger partial charge in [-0.05, 0) is 35.6 Å². The molecule has 0 fully saturated rings. The monoisotopic (exact) mass is 321 g/mol. The second kappa shape index (κ2) is 5.95. The number of fused-ring (bicyclic) bond motifs is 1. The fourth-order valence-corrected chi connectivity index (χ4v) is 4.24. The van der Waals surface area contributed by atoms with Gasteiger partial charge in [0.25, 0.3) is 0 Å². The Labute approximate surface area is 138 Å². The van der Waals surface area contributed by atoms with Gasteiger partial charge in [-0.3, -0.25) is 4.21 Å². The molecule has 1 aliphatic rings. The van der Waals surface area contributed by atoms with Gasteiger partial charge in [0.2, 0.25) is 5.82 Å². The summed E-state index contributed by atoms with van der Waals surface area (Å²) in [5.74, 6) is 6.94. The summed E-state index contributed by atoms with van der Waals surface area (Å²) in [5.41, 5.74) is 2.66. The molecule has 1 unspecified atom stereocenters. The topological polar surface area (TPSA) is 66.6 Å². The van der Waals surface area contributed by atoms with Crippen LogP contribution in [0.25, 0.3) is 0 Å². The molecule has 1 aromatic heterocycles. The second-order valence-corrected chi connectivity index (χ2v) is 7.59. The number of nitriles is 1. The molecule has 0 aliphatic carbocycles. The van der Waals surface area contributed by atoms with E-state index in [1.807, 2.05) is 24.3 Å². The number of rotatable bonds is 0. The van der Waals surface area contributed by atoms with Gasteiger partial charge in [-0.25, -0.2) is 9.97 Å². The van der Waals surface area contributed by atoms with E-state index in [0.29, 0.717) is 11.3 Å². The summed E-state index contributed by atoms with van der Waals surface area (Å²) in [6.07, 6.45) is 3.98. The first-order valence-electron chi connectivity index (χ1n) is 7.27. The number of aromatic nitrogens is 2. The number of hydrogen-bond acceptors (Lipinski definition) is 4. The minimum absolute atomic E-state index is 0.0124. The number of nitrogens with zero attached hydrogens (tertiary/aromatic N) is 3. The zero-order valence-electron chi connectivity index (χ0n) is 13.0. The summed E-state index contributed by atoms with van der Waals surface area (Å²) in [4.78, 5) is 8.72. The van der Waals surface area contributed by atoms with Gasteiger partial charge in [0.15, 0.2) is 0 Å². The van der Waals surface area contributed by atoms with Gasteiger partial charge in [-0.15, -0.1) is 0 Å². The zero-order valence-corrected chi connectivity index (χ0v) is 13.8. The van der Waals surface area contributed by atoms with Gasteiger partial charge in [0.05, 0.1) is 16.4 Å². The van der Waals surface area contributed by atoms with Crippen LogP contribution in [0.1, 0.15) is 42.8 Å². The van der Waals surface area contributed by atoms with Crippen LogP contribution in [0.5, 0.6) is 0 Å². The van der Waals surface area contributed by atoms with Gasteiger partial charge >= 0.3 is 0 Å². The third kappa shape index (κ3) is 3.16. The lowest BCUT2D eigenvalue weighted by atomic mass is 9.81. The highest BCUT2D eigenvalue weighted by Gasteiger charge is 2.30. The van der Waals surface area contributed by atoms with Crippen LogP contribution in [0.2, 0.25) is 0 Å². The highest BCUT2D eigenvalue weighted by molar-refractivity contribution is 7.85. The molecule has 2 heterocycles. The van der Waals surface area contributed by atoms with Gasteiger partial charge in [-0.1, -0.05) is 25.7 Å². The standard InChI is InChI=1S/C18H15N3OS/c1-18(2)7-8-23(22)16-6-5-13(9-15(16)18)3-4-14-11-20-17(10-19)21-12-14/h5-6,9,11-12H,7-8H2,1-2H3. The molecule has 0 spiro atoms. The molecule has 23 heavy (non-hydrogen) atoms. The molecule has 0 bridgehead atoms. The maximum Gasteiger partial charge on any atom is 0.232 e. The molecule has 5 heteroatoms. The summed E-state index contributed by atoms with van der Waals surface area (Å²) in [6, 6.07) is 7.73. The maximum absolute atomic E-state index is 12.2. The molecule has 0 N–H and O–H groups in total. The van der Waals surface area contributed by atoms with Crippen molar-refractivity contribution in [2.24, 2.45) is 0 Å². The van der Waals surface area contributed by atoms with Crippen LogP contribution in [-0.4, -0.2) is 19.9 Å². The van der Waals surface area contributed by atoms with Gasteiger partial charge < -0.3 is 0 Å². The zero-order chi connectivity index (χ0) is 16.4. The largest absolute Gasteiger partial charge is 0.254 e. The van der Waals surface area contributed by atoms with Crippen molar-refractivity contribution in [3.63, 3.8) is 0 Å². The fourth-order valence-electron chi connectivity index (χ4n) is 2.52. The summed E-state index contributed by atoms with van der Waals surface area (Å²) in [6.45, 7) is 4.35. The molecular formula is C18H15N3OS. The molecule has 0 amide bonds. The molecule has 114 valence electrons. The lowest BCUT2D eigenvalue weighted by Gasteiger charge is -2.31. The maximum atomic E-state index is 12.2. The minimum atomic E-state index is -0.912. The van der Waals surface area contributed by atoms with Crippen LogP contribution < -0.4 is 0 Å². The molecule has 3 rings (SSSR count). The Morgan fingerprint density at radius 1 is 1.17 bits per heavy atom.